The maximum absolute atomic E-state index is 15.0. The topological polar surface area (TPSA) is 112 Å². The van der Waals surface area contributed by atoms with Crippen molar-refractivity contribution in [2.75, 3.05) is 40.5 Å². The minimum atomic E-state index is -0.646. The molecule has 1 aliphatic heterocycles. The number of ether oxygens (including phenoxy) is 4. The molecule has 1 saturated carbocycles. The molecule has 1 saturated heterocycles. The van der Waals surface area contributed by atoms with Gasteiger partial charge in [-0.1, -0.05) is 42.5 Å². The van der Waals surface area contributed by atoms with Gasteiger partial charge < -0.3 is 33.3 Å². The summed E-state index contributed by atoms with van der Waals surface area (Å²) >= 11 is 0. The molecule has 52 heavy (non-hydrogen) atoms. The van der Waals surface area contributed by atoms with Crippen LogP contribution in [0.5, 0.6) is 5.88 Å². The Hall–Kier alpha value is -4.90. The van der Waals surface area contributed by atoms with Crippen LogP contribution in [-0.2, 0) is 36.9 Å². The largest absolute Gasteiger partial charge is 0.466 e. The lowest BCUT2D eigenvalue weighted by Gasteiger charge is -2.40. The number of hydrogen-bond donors (Lipinski definition) is 0. The van der Waals surface area contributed by atoms with Gasteiger partial charge in [-0.3, -0.25) is 4.79 Å². The quantitative estimate of drug-likeness (QED) is 0.110. The predicted molar refractivity (Wildman–Crippen MR) is 198 cm³/mol. The molecule has 0 N–H and O–H groups in total. The Morgan fingerprint density at radius 2 is 1.77 bits per heavy atom. The summed E-state index contributed by atoms with van der Waals surface area (Å²) < 4.78 is 23.4. The van der Waals surface area contributed by atoms with E-state index in [2.05, 4.69) is 61.8 Å². The molecule has 2 fully saturated rings. The van der Waals surface area contributed by atoms with E-state index in [4.69, 9.17) is 14.2 Å². The van der Waals surface area contributed by atoms with Crippen molar-refractivity contribution in [3.05, 3.63) is 84.2 Å². The number of aryl methyl sites for hydroxylation is 1. The zero-order valence-electron chi connectivity index (χ0n) is 30.9. The first-order valence-corrected chi connectivity index (χ1v) is 18.1. The lowest BCUT2D eigenvalue weighted by atomic mass is 9.79. The van der Waals surface area contributed by atoms with Gasteiger partial charge in [0.2, 0.25) is 11.8 Å². The number of carbonyl (C=O) groups is 3. The van der Waals surface area contributed by atoms with Gasteiger partial charge in [0.05, 0.1) is 13.0 Å². The fraction of sp³-hybridized carbons (Fsp3) is 0.463. The van der Waals surface area contributed by atoms with E-state index in [1.807, 2.05) is 39.0 Å². The number of benzene rings is 2. The molecule has 3 heterocycles. The van der Waals surface area contributed by atoms with Crippen molar-refractivity contribution in [2.45, 2.75) is 77.1 Å². The van der Waals surface area contributed by atoms with Crippen molar-refractivity contribution in [2.24, 2.45) is 5.92 Å². The Labute approximate surface area is 305 Å². The second-order valence-electron chi connectivity index (χ2n) is 14.7. The zero-order valence-corrected chi connectivity index (χ0v) is 30.9. The highest BCUT2D eigenvalue weighted by Crippen LogP contribution is 2.40. The van der Waals surface area contributed by atoms with Crippen LogP contribution < -0.4 is 4.74 Å². The Morgan fingerprint density at radius 1 is 0.962 bits per heavy atom. The molecule has 276 valence electrons. The summed E-state index contributed by atoms with van der Waals surface area (Å²) in [6, 6.07) is 20.4. The molecule has 0 spiro atoms. The van der Waals surface area contributed by atoms with E-state index in [-0.39, 0.29) is 31.0 Å². The summed E-state index contributed by atoms with van der Waals surface area (Å²) in [5.74, 6) is -0.664. The number of fused-ring (bicyclic) bond motifs is 1. The third-order valence-corrected chi connectivity index (χ3v) is 9.76. The van der Waals surface area contributed by atoms with Crippen LogP contribution in [0.2, 0.25) is 0 Å². The molecular weight excluding hydrogens is 660 g/mol. The number of methoxy groups -OCH3 is 2. The molecule has 0 bridgehead atoms. The van der Waals surface area contributed by atoms with Gasteiger partial charge in [0, 0.05) is 80.9 Å². The van der Waals surface area contributed by atoms with E-state index in [0.717, 1.165) is 59.0 Å². The third kappa shape index (κ3) is 8.93. The number of amides is 2. The van der Waals surface area contributed by atoms with Gasteiger partial charge in [0.15, 0.2) is 6.61 Å². The molecule has 2 aromatic heterocycles. The Bertz CT molecular complexity index is 1860. The number of piperidine rings is 1. The van der Waals surface area contributed by atoms with Gasteiger partial charge in [0.1, 0.15) is 5.60 Å². The number of likely N-dealkylation sites (tertiary alicyclic amines) is 1. The van der Waals surface area contributed by atoms with Gasteiger partial charge in [-0.15, -0.1) is 0 Å². The number of hydrogen-bond acceptors (Lipinski definition) is 8. The maximum atomic E-state index is 15.0. The monoisotopic (exact) mass is 710 g/mol. The highest BCUT2D eigenvalue weighted by atomic mass is 16.6. The number of para-hydroxylation sites is 1. The van der Waals surface area contributed by atoms with Crippen LogP contribution in [0.4, 0.5) is 4.79 Å². The van der Waals surface area contributed by atoms with Crippen molar-refractivity contribution < 1.29 is 33.3 Å². The predicted octanol–water partition coefficient (Wildman–Crippen LogP) is 6.82. The molecule has 0 radical (unpaired) electrons. The van der Waals surface area contributed by atoms with Crippen LogP contribution in [0, 0.1) is 5.92 Å². The third-order valence-electron chi connectivity index (χ3n) is 9.76. The molecule has 4 aromatic rings. The van der Waals surface area contributed by atoms with Crippen LogP contribution in [0.15, 0.2) is 73.1 Å². The molecular formula is C41H50N4O7. The van der Waals surface area contributed by atoms with E-state index in [0.29, 0.717) is 32.0 Å². The number of pyridine rings is 1. The van der Waals surface area contributed by atoms with Gasteiger partial charge in [-0.25, -0.2) is 14.6 Å². The molecule has 11 heteroatoms. The fourth-order valence-corrected chi connectivity index (χ4v) is 7.05. The summed E-state index contributed by atoms with van der Waals surface area (Å²) in [6.45, 7) is 8.14. The van der Waals surface area contributed by atoms with Crippen LogP contribution >= 0.6 is 0 Å². The number of nitrogens with zero attached hydrogens (tertiary/aromatic N) is 4. The van der Waals surface area contributed by atoms with Crippen molar-refractivity contribution in [1.82, 2.24) is 19.4 Å². The lowest BCUT2D eigenvalue weighted by Crippen LogP contribution is -2.51. The number of carbonyl (C=O) groups excluding carboxylic acids is 3. The summed E-state index contributed by atoms with van der Waals surface area (Å²) in [4.78, 5) is 48.0. The van der Waals surface area contributed by atoms with Crippen molar-refractivity contribution in [3.8, 4) is 17.0 Å². The van der Waals surface area contributed by atoms with Crippen LogP contribution in [0.1, 0.15) is 63.5 Å². The Kier molecular flexibility index (Phi) is 11.5. The minimum Gasteiger partial charge on any atom is -0.466 e. The maximum Gasteiger partial charge on any atom is 0.410 e. The average molecular weight is 711 g/mol. The molecule has 1 aliphatic carbocycles. The van der Waals surface area contributed by atoms with Crippen molar-refractivity contribution >= 4 is 28.9 Å². The van der Waals surface area contributed by atoms with E-state index >= 15 is 0 Å². The van der Waals surface area contributed by atoms with E-state index in [1.54, 1.807) is 24.3 Å². The number of aromatic nitrogens is 2. The SMILES string of the molecule is COCCCn1cc(CN(C(=O)[C@H]2CN(C(=O)OC(C)(C)C)CC[C@@H]2c2cccc(-c3ccc(OCC(=O)OC)nc3)c2)C2CC2)c2ccccc21. The highest BCUT2D eigenvalue weighted by molar-refractivity contribution is 5.86. The first-order chi connectivity index (χ1) is 25.0. The molecule has 0 unspecified atom stereocenters. The standard InChI is InChI=1S/C41H50N4O7/c1-41(2,3)52-40(48)44-20-18-33(29-11-8-10-28(22-29)30-14-17-37(42-23-30)51-27-38(46)50-5)35(26-44)39(47)45(32-15-16-32)25-31-24-43(19-9-21-49-4)36-13-7-6-12-34(31)36/h6-8,10-14,17,22-24,32-33,35H,9,15-16,18-21,25-27H2,1-5H3/t33-,35+/m1/s1. The summed E-state index contributed by atoms with van der Waals surface area (Å²) in [5.41, 5.74) is 4.49. The highest BCUT2D eigenvalue weighted by Gasteiger charge is 2.43. The van der Waals surface area contributed by atoms with E-state index in [9.17, 15) is 14.4 Å². The molecule has 6 rings (SSSR count). The first kappa shape index (κ1) is 36.9. The average Bonchev–Trinajstić information content (AvgIpc) is 3.94. The van der Waals surface area contributed by atoms with Crippen LogP contribution in [0.25, 0.3) is 22.0 Å². The van der Waals surface area contributed by atoms with E-state index in [1.165, 1.54) is 7.11 Å². The van der Waals surface area contributed by atoms with E-state index < -0.39 is 23.6 Å². The van der Waals surface area contributed by atoms with Crippen LogP contribution in [-0.4, -0.2) is 89.5 Å². The lowest BCUT2D eigenvalue weighted by molar-refractivity contribution is -0.143. The Morgan fingerprint density at radius 3 is 2.48 bits per heavy atom. The molecule has 2 aromatic carbocycles. The summed E-state index contributed by atoms with van der Waals surface area (Å²) in [6.07, 6.45) is 6.95. The summed E-state index contributed by atoms with van der Waals surface area (Å²) in [7, 11) is 3.03. The van der Waals surface area contributed by atoms with Gasteiger partial charge in [0.25, 0.3) is 0 Å². The van der Waals surface area contributed by atoms with Crippen molar-refractivity contribution in [1.29, 1.82) is 0 Å². The van der Waals surface area contributed by atoms with Gasteiger partial charge in [-0.2, -0.15) is 0 Å². The van der Waals surface area contributed by atoms with Gasteiger partial charge >= 0.3 is 12.1 Å². The zero-order chi connectivity index (χ0) is 36.8. The Balaban J connectivity index is 1.29. The second-order valence-corrected chi connectivity index (χ2v) is 14.7. The normalized spacial score (nSPS) is 17.5. The fourth-order valence-electron chi connectivity index (χ4n) is 7.05. The second kappa shape index (κ2) is 16.2. The molecule has 11 nitrogen and oxygen atoms in total. The smallest absolute Gasteiger partial charge is 0.410 e. The minimum absolute atomic E-state index is 0.0659. The van der Waals surface area contributed by atoms with Crippen LogP contribution in [0.3, 0.4) is 0 Å². The summed E-state index contributed by atoms with van der Waals surface area (Å²) in [5, 5.41) is 1.15. The van der Waals surface area contributed by atoms with Gasteiger partial charge in [-0.05, 0) is 81.2 Å². The number of rotatable bonds is 13. The molecule has 2 atom stereocenters. The molecule has 2 aliphatic rings. The first-order valence-electron chi connectivity index (χ1n) is 18.1. The number of esters is 1. The van der Waals surface area contributed by atoms with Crippen molar-refractivity contribution in [3.63, 3.8) is 0 Å². The molecule has 2 amide bonds.